The predicted molar refractivity (Wildman–Crippen MR) is 107 cm³/mol. The molecule has 6 nitrogen and oxygen atoms in total. The van der Waals surface area contributed by atoms with Crippen molar-refractivity contribution in [2.75, 3.05) is 10.6 Å². The number of rotatable bonds is 4. The van der Waals surface area contributed by atoms with Crippen LogP contribution in [0.2, 0.25) is 0 Å². The summed E-state index contributed by atoms with van der Waals surface area (Å²) in [4.78, 5) is 36.1. The first-order valence-corrected chi connectivity index (χ1v) is 9.23. The second-order valence-electron chi connectivity index (χ2n) is 7.09. The molecule has 3 aromatic rings. The number of carbonyl (C=O) groups is 2. The highest BCUT2D eigenvalue weighted by Crippen LogP contribution is 2.28. The van der Waals surface area contributed by atoms with E-state index in [-0.39, 0.29) is 24.2 Å². The van der Waals surface area contributed by atoms with Crippen LogP contribution in [0.3, 0.4) is 0 Å². The number of carbonyl (C=O) groups excluding carboxylic acids is 2. The normalized spacial score (nSPS) is 15.8. The van der Waals surface area contributed by atoms with Crippen LogP contribution in [0.4, 0.5) is 11.4 Å². The van der Waals surface area contributed by atoms with Gasteiger partial charge >= 0.3 is 5.63 Å². The lowest BCUT2D eigenvalue weighted by Gasteiger charge is -2.24. The lowest BCUT2D eigenvalue weighted by Crippen LogP contribution is -2.30. The van der Waals surface area contributed by atoms with Gasteiger partial charge in [-0.3, -0.25) is 9.59 Å². The van der Waals surface area contributed by atoms with Gasteiger partial charge in [0.2, 0.25) is 11.8 Å². The number of fused-ring (bicyclic) bond motifs is 2. The Balaban J connectivity index is 1.40. The lowest BCUT2D eigenvalue weighted by atomic mass is 9.89. The number of amides is 2. The van der Waals surface area contributed by atoms with Crippen molar-refractivity contribution in [1.82, 2.24) is 0 Å². The Morgan fingerprint density at radius 2 is 2.00 bits per heavy atom. The van der Waals surface area contributed by atoms with Gasteiger partial charge in [-0.2, -0.15) is 0 Å². The largest absolute Gasteiger partial charge is 0.423 e. The average molecular weight is 376 g/mol. The molecule has 2 N–H and O–H groups in total. The Labute approximate surface area is 161 Å². The van der Waals surface area contributed by atoms with Crippen molar-refractivity contribution in [3.05, 3.63) is 70.1 Å². The van der Waals surface area contributed by atoms with E-state index in [2.05, 4.69) is 10.6 Å². The Bertz CT molecular complexity index is 1130. The van der Waals surface area contributed by atoms with E-state index in [0.717, 1.165) is 22.2 Å². The van der Waals surface area contributed by atoms with Gasteiger partial charge in [-0.25, -0.2) is 4.79 Å². The molecule has 142 valence electrons. The summed E-state index contributed by atoms with van der Waals surface area (Å²) in [6.07, 6.45) is 1.33. The van der Waals surface area contributed by atoms with E-state index in [9.17, 15) is 14.4 Å². The topological polar surface area (TPSA) is 88.4 Å². The zero-order valence-corrected chi connectivity index (χ0v) is 15.5. The third kappa shape index (κ3) is 3.67. The third-order valence-electron chi connectivity index (χ3n) is 5.07. The Kier molecular flexibility index (Phi) is 4.69. The van der Waals surface area contributed by atoms with Gasteiger partial charge in [0.1, 0.15) is 5.58 Å². The molecule has 28 heavy (non-hydrogen) atoms. The first-order chi connectivity index (χ1) is 13.5. The van der Waals surface area contributed by atoms with Gasteiger partial charge < -0.3 is 15.1 Å². The van der Waals surface area contributed by atoms with Gasteiger partial charge in [0.25, 0.3) is 0 Å². The van der Waals surface area contributed by atoms with Crippen LogP contribution in [-0.4, -0.2) is 11.8 Å². The van der Waals surface area contributed by atoms with Gasteiger partial charge in [-0.1, -0.05) is 18.2 Å². The number of anilines is 2. The Morgan fingerprint density at radius 1 is 1.18 bits per heavy atom. The molecule has 0 unspecified atom stereocenters. The monoisotopic (exact) mass is 376 g/mol. The van der Waals surface area contributed by atoms with E-state index < -0.39 is 5.63 Å². The molecule has 1 aliphatic rings. The van der Waals surface area contributed by atoms with Crippen molar-refractivity contribution in [3.8, 4) is 0 Å². The van der Waals surface area contributed by atoms with E-state index in [4.69, 9.17) is 4.42 Å². The molecule has 1 atom stereocenters. The molecular weight excluding hydrogens is 356 g/mol. The Morgan fingerprint density at radius 3 is 2.86 bits per heavy atom. The van der Waals surface area contributed by atoms with Crippen molar-refractivity contribution in [3.63, 3.8) is 0 Å². The molecule has 4 rings (SSSR count). The summed E-state index contributed by atoms with van der Waals surface area (Å²) < 4.78 is 5.21. The van der Waals surface area contributed by atoms with E-state index >= 15 is 0 Å². The predicted octanol–water partition coefficient (Wildman–Crippen LogP) is 3.63. The number of benzene rings is 2. The summed E-state index contributed by atoms with van der Waals surface area (Å²) in [6, 6.07) is 14.4. The summed E-state index contributed by atoms with van der Waals surface area (Å²) in [5.41, 5.74) is 3.34. The molecule has 0 spiro atoms. The number of aryl methyl sites for hydroxylation is 1. The molecule has 1 aliphatic heterocycles. The van der Waals surface area contributed by atoms with Gasteiger partial charge in [0.15, 0.2) is 0 Å². The minimum atomic E-state index is -0.419. The highest BCUT2D eigenvalue weighted by molar-refractivity contribution is 5.97. The van der Waals surface area contributed by atoms with Gasteiger partial charge in [0.05, 0.1) is 0 Å². The molecule has 2 aromatic carbocycles. The smallest absolute Gasteiger partial charge is 0.336 e. The van der Waals surface area contributed by atoms with Crippen LogP contribution in [0, 0.1) is 12.8 Å². The molecule has 0 radical (unpaired) electrons. The maximum Gasteiger partial charge on any atom is 0.336 e. The summed E-state index contributed by atoms with van der Waals surface area (Å²) in [6.45, 7) is 1.84. The second-order valence-corrected chi connectivity index (χ2v) is 7.09. The molecule has 0 saturated heterocycles. The van der Waals surface area contributed by atoms with Crippen LogP contribution in [0.1, 0.15) is 24.0 Å². The van der Waals surface area contributed by atoms with E-state index in [1.807, 2.05) is 37.3 Å². The Hall–Kier alpha value is -3.41. The van der Waals surface area contributed by atoms with Crippen LogP contribution >= 0.6 is 0 Å². The summed E-state index contributed by atoms with van der Waals surface area (Å²) >= 11 is 0. The molecular formula is C22H20N2O4. The van der Waals surface area contributed by atoms with Crippen molar-refractivity contribution < 1.29 is 14.0 Å². The third-order valence-corrected chi connectivity index (χ3v) is 5.07. The van der Waals surface area contributed by atoms with Crippen molar-refractivity contribution in [1.29, 1.82) is 0 Å². The lowest BCUT2D eigenvalue weighted by molar-refractivity contribution is -0.121. The zero-order chi connectivity index (χ0) is 19.7. The highest BCUT2D eigenvalue weighted by atomic mass is 16.4. The number of para-hydroxylation sites is 1. The fourth-order valence-electron chi connectivity index (χ4n) is 3.58. The standard InChI is InChI=1S/C22H20N2O4/c1-13-10-21(26)28-19-12-16(7-8-17(13)19)23-20(25)9-6-15-11-14-4-2-3-5-18(14)24-22(15)27/h2-5,7-8,10,12,15H,6,9,11H2,1H3,(H,23,25)(H,24,27)/t15-/m0/s1. The molecule has 6 heteroatoms. The molecule has 0 bridgehead atoms. The summed E-state index contributed by atoms with van der Waals surface area (Å²) in [5, 5.41) is 6.54. The molecule has 2 amide bonds. The molecule has 0 fully saturated rings. The molecule has 0 saturated carbocycles. The number of hydrogen-bond donors (Lipinski definition) is 2. The summed E-state index contributed by atoms with van der Waals surface area (Å²) in [5.74, 6) is -0.451. The first kappa shape index (κ1) is 18.0. The van der Waals surface area contributed by atoms with Crippen LogP contribution < -0.4 is 16.3 Å². The summed E-state index contributed by atoms with van der Waals surface area (Å²) in [7, 11) is 0. The van der Waals surface area contributed by atoms with Crippen molar-refractivity contribution in [2.24, 2.45) is 5.92 Å². The van der Waals surface area contributed by atoms with E-state index in [1.54, 1.807) is 12.1 Å². The van der Waals surface area contributed by atoms with E-state index in [0.29, 0.717) is 24.1 Å². The maximum absolute atomic E-state index is 12.3. The van der Waals surface area contributed by atoms with Crippen LogP contribution in [-0.2, 0) is 16.0 Å². The van der Waals surface area contributed by atoms with Crippen LogP contribution in [0.25, 0.3) is 11.0 Å². The number of hydrogen-bond acceptors (Lipinski definition) is 4. The second kappa shape index (κ2) is 7.31. The SMILES string of the molecule is Cc1cc(=O)oc2cc(NC(=O)CC[C@H]3Cc4ccccc4NC3=O)ccc12. The van der Waals surface area contributed by atoms with Crippen LogP contribution in [0.15, 0.2) is 57.7 Å². The fourth-order valence-corrected chi connectivity index (χ4v) is 3.58. The van der Waals surface area contributed by atoms with E-state index in [1.165, 1.54) is 6.07 Å². The first-order valence-electron chi connectivity index (χ1n) is 9.23. The minimum absolute atomic E-state index is 0.0468. The minimum Gasteiger partial charge on any atom is -0.423 e. The number of nitrogens with one attached hydrogen (secondary N) is 2. The van der Waals surface area contributed by atoms with Gasteiger partial charge in [-0.15, -0.1) is 0 Å². The van der Waals surface area contributed by atoms with Gasteiger partial charge in [0, 0.05) is 41.2 Å². The zero-order valence-electron chi connectivity index (χ0n) is 15.5. The fraction of sp³-hybridized carbons (Fsp3) is 0.227. The maximum atomic E-state index is 12.3. The quantitative estimate of drug-likeness (QED) is 0.681. The molecule has 2 heterocycles. The van der Waals surface area contributed by atoms with Crippen molar-refractivity contribution >= 4 is 34.2 Å². The highest BCUT2D eigenvalue weighted by Gasteiger charge is 2.26. The molecule has 1 aromatic heterocycles. The van der Waals surface area contributed by atoms with Crippen LogP contribution in [0.5, 0.6) is 0 Å². The molecule has 0 aliphatic carbocycles. The van der Waals surface area contributed by atoms with Gasteiger partial charge in [-0.05, 0) is 49.1 Å². The average Bonchev–Trinajstić information content (AvgIpc) is 2.66. The van der Waals surface area contributed by atoms with Crippen molar-refractivity contribution in [2.45, 2.75) is 26.2 Å².